The molecule has 0 unspecified atom stereocenters. The smallest absolute Gasteiger partial charge is 0.240 e. The molecule has 2 heterocycles. The van der Waals surface area contributed by atoms with Crippen LogP contribution in [0.2, 0.25) is 0 Å². The van der Waals surface area contributed by atoms with E-state index in [4.69, 9.17) is 0 Å². The van der Waals surface area contributed by atoms with Gasteiger partial charge in [-0.3, -0.25) is 9.36 Å². The maximum absolute atomic E-state index is 13.1. The van der Waals surface area contributed by atoms with Gasteiger partial charge in [0.25, 0.3) is 0 Å². The SMILES string of the molecule is C=CCn1c(S[C@@H](C)C(=O)N2CCc3ccccc32)nnc1-c1ccccc1. The van der Waals surface area contributed by atoms with Crippen molar-refractivity contribution in [2.45, 2.75) is 30.3 Å². The van der Waals surface area contributed by atoms with Crippen LogP contribution in [-0.4, -0.2) is 32.5 Å². The molecule has 0 bridgehead atoms. The number of rotatable bonds is 6. The summed E-state index contributed by atoms with van der Waals surface area (Å²) >= 11 is 1.45. The Morgan fingerprint density at radius 2 is 1.93 bits per heavy atom. The molecule has 1 atom stereocenters. The lowest BCUT2D eigenvalue weighted by molar-refractivity contribution is -0.117. The first-order valence-electron chi connectivity index (χ1n) is 9.34. The molecule has 1 aromatic heterocycles. The molecule has 0 radical (unpaired) electrons. The van der Waals surface area contributed by atoms with Gasteiger partial charge >= 0.3 is 0 Å². The van der Waals surface area contributed by atoms with Crippen LogP contribution >= 0.6 is 11.8 Å². The summed E-state index contributed by atoms with van der Waals surface area (Å²) < 4.78 is 2.01. The van der Waals surface area contributed by atoms with E-state index in [1.807, 2.05) is 71.0 Å². The van der Waals surface area contributed by atoms with Crippen LogP contribution < -0.4 is 4.90 Å². The zero-order valence-corrected chi connectivity index (χ0v) is 16.6. The van der Waals surface area contributed by atoms with Gasteiger partial charge < -0.3 is 4.90 Å². The third-order valence-electron chi connectivity index (χ3n) is 4.84. The molecule has 3 aromatic rings. The monoisotopic (exact) mass is 390 g/mol. The van der Waals surface area contributed by atoms with E-state index >= 15 is 0 Å². The van der Waals surface area contributed by atoms with Crippen LogP contribution in [-0.2, 0) is 17.8 Å². The summed E-state index contributed by atoms with van der Waals surface area (Å²) in [5.41, 5.74) is 3.25. The highest BCUT2D eigenvalue weighted by atomic mass is 32.2. The number of nitrogens with zero attached hydrogens (tertiary/aromatic N) is 4. The van der Waals surface area contributed by atoms with Crippen LogP contribution in [0.15, 0.2) is 72.4 Å². The van der Waals surface area contributed by atoms with Crippen molar-refractivity contribution in [1.29, 1.82) is 0 Å². The predicted octanol–water partition coefficient (Wildman–Crippen LogP) is 4.20. The Labute approximate surface area is 169 Å². The summed E-state index contributed by atoms with van der Waals surface area (Å²) in [5, 5.41) is 9.20. The first kappa shape index (κ1) is 18.5. The number of fused-ring (bicyclic) bond motifs is 1. The van der Waals surface area contributed by atoms with Crippen molar-refractivity contribution in [3.05, 3.63) is 72.8 Å². The minimum absolute atomic E-state index is 0.101. The Hall–Kier alpha value is -2.86. The number of amides is 1. The average Bonchev–Trinajstić information content (AvgIpc) is 3.33. The standard InChI is InChI=1S/C22H22N4OS/c1-3-14-26-20(18-10-5-4-6-11-18)23-24-22(26)28-16(2)21(27)25-15-13-17-9-7-8-12-19(17)25/h3-12,16H,1,13-15H2,2H3/t16-/m0/s1. The lowest BCUT2D eigenvalue weighted by atomic mass is 10.2. The number of para-hydroxylation sites is 1. The molecule has 4 rings (SSSR count). The molecule has 1 amide bonds. The third kappa shape index (κ3) is 3.47. The van der Waals surface area contributed by atoms with Crippen LogP contribution in [0.3, 0.4) is 0 Å². The summed E-state index contributed by atoms with van der Waals surface area (Å²) in [6, 6.07) is 18.1. The summed E-state index contributed by atoms with van der Waals surface area (Å²) in [7, 11) is 0. The molecule has 142 valence electrons. The normalized spacial score (nSPS) is 14.0. The molecule has 5 nitrogen and oxygen atoms in total. The average molecular weight is 391 g/mol. The van der Waals surface area contributed by atoms with Crippen molar-refractivity contribution in [3.8, 4) is 11.4 Å². The quantitative estimate of drug-likeness (QED) is 0.468. The number of anilines is 1. The van der Waals surface area contributed by atoms with E-state index in [1.54, 1.807) is 0 Å². The third-order valence-corrected chi connectivity index (χ3v) is 5.91. The summed E-state index contributed by atoms with van der Waals surface area (Å²) in [6.07, 6.45) is 2.73. The lowest BCUT2D eigenvalue weighted by Gasteiger charge is -2.21. The van der Waals surface area contributed by atoms with Crippen LogP contribution in [0, 0.1) is 0 Å². The van der Waals surface area contributed by atoms with E-state index in [0.717, 1.165) is 35.2 Å². The molecule has 0 spiro atoms. The van der Waals surface area contributed by atoms with Gasteiger partial charge in [0.1, 0.15) is 0 Å². The van der Waals surface area contributed by atoms with Gasteiger partial charge in [-0.1, -0.05) is 66.4 Å². The van der Waals surface area contributed by atoms with Gasteiger partial charge in [-0.15, -0.1) is 16.8 Å². The molecular formula is C22H22N4OS. The Morgan fingerprint density at radius 3 is 2.71 bits per heavy atom. The molecule has 1 aliphatic heterocycles. The fourth-order valence-corrected chi connectivity index (χ4v) is 4.39. The van der Waals surface area contributed by atoms with Crippen molar-refractivity contribution in [2.24, 2.45) is 0 Å². The van der Waals surface area contributed by atoms with Crippen molar-refractivity contribution in [2.75, 3.05) is 11.4 Å². The summed E-state index contributed by atoms with van der Waals surface area (Å²) in [6.45, 7) is 7.11. The van der Waals surface area contributed by atoms with Gasteiger partial charge in [0.05, 0.1) is 5.25 Å². The van der Waals surface area contributed by atoms with Crippen LogP contribution in [0.5, 0.6) is 0 Å². The number of carbonyl (C=O) groups is 1. The number of carbonyl (C=O) groups excluding carboxylic acids is 1. The Bertz CT molecular complexity index is 999. The predicted molar refractivity (Wildman–Crippen MR) is 113 cm³/mol. The topological polar surface area (TPSA) is 51.0 Å². The van der Waals surface area contributed by atoms with E-state index in [-0.39, 0.29) is 11.2 Å². The molecular weight excluding hydrogens is 368 g/mol. The van der Waals surface area contributed by atoms with Crippen LogP contribution in [0.1, 0.15) is 12.5 Å². The maximum Gasteiger partial charge on any atom is 0.240 e. The zero-order valence-electron chi connectivity index (χ0n) is 15.8. The summed E-state index contributed by atoms with van der Waals surface area (Å²) in [5.74, 6) is 0.888. The van der Waals surface area contributed by atoms with Gasteiger partial charge in [-0.05, 0) is 25.0 Å². The second-order valence-corrected chi connectivity index (χ2v) is 8.01. The summed E-state index contributed by atoms with van der Waals surface area (Å²) in [4.78, 5) is 15.0. The molecule has 6 heteroatoms. The molecule has 2 aromatic carbocycles. The number of thioether (sulfide) groups is 1. The van der Waals surface area contributed by atoms with E-state index in [2.05, 4.69) is 22.8 Å². The minimum atomic E-state index is -0.262. The van der Waals surface area contributed by atoms with E-state index in [9.17, 15) is 4.79 Å². The van der Waals surface area contributed by atoms with E-state index in [1.165, 1.54) is 17.3 Å². The Morgan fingerprint density at radius 1 is 1.18 bits per heavy atom. The molecule has 0 N–H and O–H groups in total. The maximum atomic E-state index is 13.1. The fourth-order valence-electron chi connectivity index (χ4n) is 3.47. The van der Waals surface area contributed by atoms with E-state index in [0.29, 0.717) is 6.54 Å². The molecule has 0 fully saturated rings. The van der Waals surface area contributed by atoms with Crippen LogP contribution in [0.4, 0.5) is 5.69 Å². The Balaban J connectivity index is 1.56. The van der Waals surface area contributed by atoms with Crippen molar-refractivity contribution in [1.82, 2.24) is 14.8 Å². The lowest BCUT2D eigenvalue weighted by Crippen LogP contribution is -2.35. The molecule has 0 saturated carbocycles. The molecule has 1 aliphatic rings. The second-order valence-electron chi connectivity index (χ2n) is 6.70. The van der Waals surface area contributed by atoms with Crippen molar-refractivity contribution in [3.63, 3.8) is 0 Å². The fraction of sp³-hybridized carbons (Fsp3) is 0.227. The Kier molecular flexibility index (Phi) is 5.30. The highest BCUT2D eigenvalue weighted by molar-refractivity contribution is 8.00. The number of benzene rings is 2. The number of allylic oxidation sites excluding steroid dienone is 1. The number of hydrogen-bond acceptors (Lipinski definition) is 4. The van der Waals surface area contributed by atoms with Crippen LogP contribution in [0.25, 0.3) is 11.4 Å². The van der Waals surface area contributed by atoms with Gasteiger partial charge in [0.15, 0.2) is 11.0 Å². The zero-order chi connectivity index (χ0) is 19.5. The first-order chi connectivity index (χ1) is 13.7. The highest BCUT2D eigenvalue weighted by Crippen LogP contribution is 2.32. The van der Waals surface area contributed by atoms with Gasteiger partial charge in [-0.25, -0.2) is 0 Å². The van der Waals surface area contributed by atoms with Gasteiger partial charge in [-0.2, -0.15) is 0 Å². The minimum Gasteiger partial charge on any atom is -0.311 e. The molecule has 0 saturated heterocycles. The van der Waals surface area contributed by atoms with E-state index < -0.39 is 0 Å². The number of aromatic nitrogens is 3. The van der Waals surface area contributed by atoms with Gasteiger partial charge in [0, 0.05) is 24.3 Å². The van der Waals surface area contributed by atoms with Crippen molar-refractivity contribution < 1.29 is 4.79 Å². The highest BCUT2D eigenvalue weighted by Gasteiger charge is 2.29. The largest absolute Gasteiger partial charge is 0.311 e. The van der Waals surface area contributed by atoms with Gasteiger partial charge in [0.2, 0.25) is 5.91 Å². The number of hydrogen-bond donors (Lipinski definition) is 0. The molecule has 0 aliphatic carbocycles. The van der Waals surface area contributed by atoms with Crippen molar-refractivity contribution >= 4 is 23.4 Å². The second kappa shape index (κ2) is 8.02. The first-order valence-corrected chi connectivity index (χ1v) is 10.2. The molecule has 28 heavy (non-hydrogen) atoms.